The van der Waals surface area contributed by atoms with Crippen LogP contribution in [-0.4, -0.2) is 46.7 Å². The van der Waals surface area contributed by atoms with E-state index >= 15 is 0 Å². The molecule has 0 unspecified atom stereocenters. The fourth-order valence-electron chi connectivity index (χ4n) is 4.71. The van der Waals surface area contributed by atoms with Gasteiger partial charge in [0.05, 0.1) is 24.7 Å². The summed E-state index contributed by atoms with van der Waals surface area (Å²) in [5, 5.41) is 22.7. The molecule has 2 aromatic rings. The molecule has 1 aromatic heterocycles. The van der Waals surface area contributed by atoms with Crippen molar-refractivity contribution in [1.82, 2.24) is 14.8 Å². The molecule has 4 rings (SSSR count). The van der Waals surface area contributed by atoms with E-state index in [1.54, 1.807) is 0 Å². The SMILES string of the molecule is N#Cc1cn(C[C@H]2CC[C@@H](NCC(=O)N3C[C@@H](F)C[C@H]3C#N)C2)c2ccccc12. The molecule has 7 heteroatoms. The summed E-state index contributed by atoms with van der Waals surface area (Å²) in [7, 11) is 0. The van der Waals surface area contributed by atoms with Crippen molar-refractivity contribution in [3.05, 3.63) is 36.0 Å². The lowest BCUT2D eigenvalue weighted by Crippen LogP contribution is -2.43. The molecule has 1 saturated carbocycles. The Hall–Kier alpha value is -2.90. The van der Waals surface area contributed by atoms with Crippen LogP contribution in [0.1, 0.15) is 31.2 Å². The first-order valence-electron chi connectivity index (χ1n) is 10.1. The number of nitriles is 2. The van der Waals surface area contributed by atoms with Crippen LogP contribution in [0, 0.1) is 28.6 Å². The van der Waals surface area contributed by atoms with Crippen molar-refractivity contribution in [1.29, 1.82) is 10.5 Å². The van der Waals surface area contributed by atoms with E-state index < -0.39 is 12.2 Å². The van der Waals surface area contributed by atoms with Gasteiger partial charge in [-0.25, -0.2) is 4.39 Å². The number of benzene rings is 1. The van der Waals surface area contributed by atoms with E-state index in [-0.39, 0.29) is 31.5 Å². The summed E-state index contributed by atoms with van der Waals surface area (Å²) >= 11 is 0. The molecule has 1 saturated heterocycles. The summed E-state index contributed by atoms with van der Waals surface area (Å²) in [6.45, 7) is 1.02. The molecule has 0 bridgehead atoms. The second-order valence-corrected chi connectivity index (χ2v) is 8.10. The Labute approximate surface area is 169 Å². The molecule has 1 aliphatic carbocycles. The Bertz CT molecular complexity index is 987. The van der Waals surface area contributed by atoms with Crippen LogP contribution in [-0.2, 0) is 11.3 Å². The second-order valence-electron chi connectivity index (χ2n) is 8.10. The van der Waals surface area contributed by atoms with Crippen molar-refractivity contribution in [2.75, 3.05) is 13.1 Å². The molecule has 0 spiro atoms. The summed E-state index contributed by atoms with van der Waals surface area (Å²) < 4.78 is 15.7. The van der Waals surface area contributed by atoms with E-state index in [0.717, 1.165) is 36.7 Å². The number of halogens is 1. The number of carbonyl (C=O) groups is 1. The van der Waals surface area contributed by atoms with Gasteiger partial charge in [0.2, 0.25) is 5.91 Å². The molecule has 29 heavy (non-hydrogen) atoms. The highest BCUT2D eigenvalue weighted by Gasteiger charge is 2.35. The van der Waals surface area contributed by atoms with Crippen molar-refractivity contribution in [2.24, 2.45) is 5.92 Å². The predicted molar refractivity (Wildman–Crippen MR) is 106 cm³/mol. The molecule has 1 amide bonds. The lowest BCUT2D eigenvalue weighted by molar-refractivity contribution is -0.130. The Morgan fingerprint density at radius 3 is 2.86 bits per heavy atom. The second kappa shape index (κ2) is 8.23. The van der Waals surface area contributed by atoms with Crippen molar-refractivity contribution >= 4 is 16.8 Å². The van der Waals surface area contributed by atoms with Crippen molar-refractivity contribution in [3.8, 4) is 12.1 Å². The lowest BCUT2D eigenvalue weighted by atomic mass is 10.1. The summed E-state index contributed by atoms with van der Waals surface area (Å²) in [6, 6.07) is 11.8. The third-order valence-corrected chi connectivity index (χ3v) is 6.17. The number of para-hydroxylation sites is 1. The van der Waals surface area contributed by atoms with Gasteiger partial charge in [-0.2, -0.15) is 10.5 Å². The van der Waals surface area contributed by atoms with Gasteiger partial charge in [-0.05, 0) is 31.2 Å². The van der Waals surface area contributed by atoms with Crippen molar-refractivity contribution in [3.63, 3.8) is 0 Å². The number of rotatable bonds is 5. The molecule has 2 fully saturated rings. The van der Waals surface area contributed by atoms with Gasteiger partial charge in [-0.1, -0.05) is 18.2 Å². The van der Waals surface area contributed by atoms with Gasteiger partial charge in [0.25, 0.3) is 0 Å². The van der Waals surface area contributed by atoms with Crippen LogP contribution in [0.4, 0.5) is 4.39 Å². The molecule has 1 aliphatic heterocycles. The van der Waals surface area contributed by atoms with E-state index in [1.165, 1.54) is 4.90 Å². The minimum atomic E-state index is -1.10. The minimum Gasteiger partial charge on any atom is -0.346 e. The van der Waals surface area contributed by atoms with Crippen molar-refractivity contribution in [2.45, 2.75) is 50.5 Å². The van der Waals surface area contributed by atoms with Crippen LogP contribution in [0.25, 0.3) is 10.9 Å². The Kier molecular flexibility index (Phi) is 5.51. The quantitative estimate of drug-likeness (QED) is 0.846. The zero-order valence-corrected chi connectivity index (χ0v) is 16.2. The number of fused-ring (bicyclic) bond motifs is 1. The number of nitrogens with zero attached hydrogens (tertiary/aromatic N) is 4. The fourth-order valence-corrected chi connectivity index (χ4v) is 4.71. The maximum Gasteiger partial charge on any atom is 0.237 e. The summed E-state index contributed by atoms with van der Waals surface area (Å²) in [4.78, 5) is 13.7. The van der Waals surface area contributed by atoms with Crippen LogP contribution >= 0.6 is 0 Å². The minimum absolute atomic E-state index is 0.0218. The van der Waals surface area contributed by atoms with Crippen LogP contribution in [0.2, 0.25) is 0 Å². The number of carbonyl (C=O) groups excluding carboxylic acids is 1. The van der Waals surface area contributed by atoms with Gasteiger partial charge < -0.3 is 14.8 Å². The van der Waals surface area contributed by atoms with Crippen molar-refractivity contribution < 1.29 is 9.18 Å². The Morgan fingerprint density at radius 1 is 1.24 bits per heavy atom. The first-order chi connectivity index (χ1) is 14.1. The van der Waals surface area contributed by atoms with Crippen LogP contribution in [0.15, 0.2) is 30.5 Å². The van der Waals surface area contributed by atoms with Crippen LogP contribution < -0.4 is 5.32 Å². The third kappa shape index (κ3) is 3.97. The number of alkyl halides is 1. The standard InChI is InChI=1S/C22H24FN5O/c23-17-8-19(10-25)28(14-17)22(29)11-26-18-6-5-15(7-18)12-27-13-16(9-24)20-3-1-2-4-21(20)27/h1-4,13,15,17-19,26H,5-8,11-12,14H2/t15-,17-,18+,19-/m0/s1. The number of aromatic nitrogens is 1. The van der Waals surface area contributed by atoms with Gasteiger partial charge >= 0.3 is 0 Å². The normalized spacial score (nSPS) is 26.5. The molecule has 2 aliphatic rings. The maximum absolute atomic E-state index is 13.5. The lowest BCUT2D eigenvalue weighted by Gasteiger charge is -2.21. The molecule has 0 radical (unpaired) electrons. The number of likely N-dealkylation sites (tertiary alicyclic amines) is 1. The van der Waals surface area contributed by atoms with Crippen LogP contribution in [0.5, 0.6) is 0 Å². The van der Waals surface area contributed by atoms with Crippen LogP contribution in [0.3, 0.4) is 0 Å². The Balaban J connectivity index is 1.32. The van der Waals surface area contributed by atoms with E-state index in [2.05, 4.69) is 16.0 Å². The van der Waals surface area contributed by atoms with Gasteiger partial charge in [0, 0.05) is 36.1 Å². The predicted octanol–water partition coefficient (Wildman–Crippen LogP) is 2.73. The topological polar surface area (TPSA) is 84.8 Å². The molecule has 6 nitrogen and oxygen atoms in total. The van der Waals surface area contributed by atoms with Gasteiger partial charge in [0.15, 0.2) is 0 Å². The molecule has 2 heterocycles. The zero-order valence-electron chi connectivity index (χ0n) is 16.2. The monoisotopic (exact) mass is 393 g/mol. The highest BCUT2D eigenvalue weighted by Crippen LogP contribution is 2.30. The molecule has 1 aromatic carbocycles. The smallest absolute Gasteiger partial charge is 0.237 e. The number of amides is 1. The number of hydrogen-bond donors (Lipinski definition) is 1. The average molecular weight is 393 g/mol. The highest BCUT2D eigenvalue weighted by molar-refractivity contribution is 5.86. The van der Waals surface area contributed by atoms with E-state index in [9.17, 15) is 14.4 Å². The maximum atomic E-state index is 13.5. The Morgan fingerprint density at radius 2 is 2.07 bits per heavy atom. The van der Waals surface area contributed by atoms with Gasteiger partial charge in [0.1, 0.15) is 18.3 Å². The molecule has 150 valence electrons. The molecule has 4 atom stereocenters. The zero-order chi connectivity index (χ0) is 20.4. The largest absolute Gasteiger partial charge is 0.346 e. The number of hydrogen-bond acceptors (Lipinski definition) is 4. The van der Waals surface area contributed by atoms with Gasteiger partial charge in [-0.3, -0.25) is 4.79 Å². The van der Waals surface area contributed by atoms with E-state index in [0.29, 0.717) is 11.5 Å². The molecular weight excluding hydrogens is 369 g/mol. The molecular formula is C22H24FN5O. The van der Waals surface area contributed by atoms with Gasteiger partial charge in [-0.15, -0.1) is 0 Å². The fraction of sp³-hybridized carbons (Fsp3) is 0.500. The first-order valence-corrected chi connectivity index (χ1v) is 10.1. The first kappa shape index (κ1) is 19.4. The number of nitrogens with one attached hydrogen (secondary N) is 1. The average Bonchev–Trinajstić information content (AvgIpc) is 3.43. The highest BCUT2D eigenvalue weighted by atomic mass is 19.1. The summed E-state index contributed by atoms with van der Waals surface area (Å²) in [6.07, 6.45) is 3.93. The van der Waals surface area contributed by atoms with E-state index in [4.69, 9.17) is 5.26 Å². The summed E-state index contributed by atoms with van der Waals surface area (Å²) in [5.41, 5.74) is 1.77. The molecule has 1 N–H and O–H groups in total. The summed E-state index contributed by atoms with van der Waals surface area (Å²) in [5.74, 6) is 0.272. The third-order valence-electron chi connectivity index (χ3n) is 6.17. The van der Waals surface area contributed by atoms with E-state index in [1.807, 2.05) is 36.5 Å².